The first-order valence-corrected chi connectivity index (χ1v) is 10.3. The van der Waals surface area contributed by atoms with Crippen LogP contribution in [0.5, 0.6) is 0 Å². The van der Waals surface area contributed by atoms with Gasteiger partial charge in [0.05, 0.1) is 12.2 Å². The van der Waals surface area contributed by atoms with E-state index in [0.717, 1.165) is 43.3 Å². The second kappa shape index (κ2) is 13.1. The summed E-state index contributed by atoms with van der Waals surface area (Å²) in [7, 11) is 3.92. The molecule has 2 N–H and O–H groups in total. The monoisotopic (exact) mass is 533 g/mol. The van der Waals surface area contributed by atoms with E-state index in [0.29, 0.717) is 12.4 Å². The van der Waals surface area contributed by atoms with Gasteiger partial charge in [0.25, 0.3) is 0 Å². The van der Waals surface area contributed by atoms with Gasteiger partial charge in [0, 0.05) is 25.7 Å². The maximum Gasteiger partial charge on any atom is 0.226 e. The van der Waals surface area contributed by atoms with Gasteiger partial charge in [0.2, 0.25) is 5.89 Å². The summed E-state index contributed by atoms with van der Waals surface area (Å²) in [5, 5.41) is 6.65. The van der Waals surface area contributed by atoms with E-state index < -0.39 is 0 Å². The van der Waals surface area contributed by atoms with E-state index in [9.17, 15) is 0 Å². The highest BCUT2D eigenvalue weighted by Crippen LogP contribution is 2.18. The van der Waals surface area contributed by atoms with Crippen LogP contribution in [0.15, 0.2) is 70.3 Å². The lowest BCUT2D eigenvalue weighted by Gasteiger charge is -2.17. The fourth-order valence-corrected chi connectivity index (χ4v) is 3.14. The SMILES string of the molecule is CN=C(NCCCN(C)Cc1ccccc1)NCc1coc(-c2ccc(C)cc2)n1.I. The van der Waals surface area contributed by atoms with E-state index in [1.54, 1.807) is 13.3 Å². The molecule has 0 saturated heterocycles. The third-order valence-corrected chi connectivity index (χ3v) is 4.82. The molecule has 0 fully saturated rings. The molecule has 166 valence electrons. The molecule has 0 aliphatic rings. The van der Waals surface area contributed by atoms with E-state index >= 15 is 0 Å². The normalized spacial score (nSPS) is 11.3. The van der Waals surface area contributed by atoms with Crippen LogP contribution in [0.1, 0.15) is 23.2 Å². The van der Waals surface area contributed by atoms with Crippen molar-refractivity contribution in [1.29, 1.82) is 0 Å². The molecule has 0 spiro atoms. The van der Waals surface area contributed by atoms with Crippen LogP contribution in [0, 0.1) is 6.92 Å². The van der Waals surface area contributed by atoms with Crippen molar-refractivity contribution < 1.29 is 4.42 Å². The number of aromatic nitrogens is 1. The Hall–Kier alpha value is -2.39. The topological polar surface area (TPSA) is 65.7 Å². The first kappa shape index (κ1) is 24.9. The van der Waals surface area contributed by atoms with Gasteiger partial charge in [-0.05, 0) is 44.6 Å². The highest BCUT2D eigenvalue weighted by atomic mass is 127. The largest absolute Gasteiger partial charge is 0.444 e. The van der Waals surface area contributed by atoms with Crippen molar-refractivity contribution in [3.63, 3.8) is 0 Å². The number of guanidine groups is 1. The first-order valence-electron chi connectivity index (χ1n) is 10.3. The molecule has 3 rings (SSSR count). The number of hydrogen-bond donors (Lipinski definition) is 2. The second-order valence-corrected chi connectivity index (χ2v) is 7.44. The Morgan fingerprint density at radius 1 is 1.06 bits per heavy atom. The molecule has 0 unspecified atom stereocenters. The molecule has 0 aliphatic carbocycles. The van der Waals surface area contributed by atoms with Crippen LogP contribution in [0.2, 0.25) is 0 Å². The summed E-state index contributed by atoms with van der Waals surface area (Å²) in [6, 6.07) is 18.7. The molecule has 31 heavy (non-hydrogen) atoms. The summed E-state index contributed by atoms with van der Waals surface area (Å²) < 4.78 is 5.61. The number of benzene rings is 2. The van der Waals surface area contributed by atoms with Gasteiger partial charge in [-0.1, -0.05) is 48.0 Å². The number of nitrogens with one attached hydrogen (secondary N) is 2. The van der Waals surface area contributed by atoms with Crippen molar-refractivity contribution in [2.24, 2.45) is 4.99 Å². The van der Waals surface area contributed by atoms with Gasteiger partial charge in [-0.15, -0.1) is 24.0 Å². The minimum absolute atomic E-state index is 0. The summed E-state index contributed by atoms with van der Waals surface area (Å²) in [6.07, 6.45) is 2.72. The Bertz CT molecular complexity index is 925. The minimum atomic E-state index is 0. The van der Waals surface area contributed by atoms with Crippen molar-refractivity contribution >= 4 is 29.9 Å². The standard InChI is InChI=1S/C24H31N5O.HI/c1-19-10-12-21(13-11-19)23-28-22(18-30-23)16-27-24(25-2)26-14-7-15-29(3)17-20-8-5-4-6-9-20;/h4-6,8-13,18H,7,14-17H2,1-3H3,(H2,25,26,27);1H. The Morgan fingerprint density at radius 3 is 2.52 bits per heavy atom. The predicted molar refractivity (Wildman–Crippen MR) is 138 cm³/mol. The van der Waals surface area contributed by atoms with Crippen molar-refractivity contribution in [2.75, 3.05) is 27.2 Å². The summed E-state index contributed by atoms with van der Waals surface area (Å²) in [5.41, 5.74) is 4.38. The zero-order valence-corrected chi connectivity index (χ0v) is 20.8. The molecule has 0 radical (unpaired) electrons. The lowest BCUT2D eigenvalue weighted by molar-refractivity contribution is 0.322. The van der Waals surface area contributed by atoms with Crippen LogP contribution in [0.25, 0.3) is 11.5 Å². The minimum Gasteiger partial charge on any atom is -0.444 e. The highest BCUT2D eigenvalue weighted by Gasteiger charge is 2.07. The molecule has 3 aromatic rings. The van der Waals surface area contributed by atoms with Gasteiger partial charge >= 0.3 is 0 Å². The molecule has 0 aliphatic heterocycles. The van der Waals surface area contributed by atoms with Crippen LogP contribution in [0.3, 0.4) is 0 Å². The van der Waals surface area contributed by atoms with Gasteiger partial charge in [-0.2, -0.15) is 0 Å². The zero-order valence-electron chi connectivity index (χ0n) is 18.5. The van der Waals surface area contributed by atoms with E-state index in [1.165, 1.54) is 11.1 Å². The van der Waals surface area contributed by atoms with E-state index in [1.807, 2.05) is 12.1 Å². The fourth-order valence-electron chi connectivity index (χ4n) is 3.14. The molecular formula is C24H32IN5O. The molecule has 1 aromatic heterocycles. The summed E-state index contributed by atoms with van der Waals surface area (Å²) in [6.45, 7) is 5.45. The van der Waals surface area contributed by atoms with Crippen LogP contribution in [0.4, 0.5) is 0 Å². The molecule has 0 amide bonds. The van der Waals surface area contributed by atoms with Crippen LogP contribution in [-0.2, 0) is 13.1 Å². The fraction of sp³-hybridized carbons (Fsp3) is 0.333. The lowest BCUT2D eigenvalue weighted by Crippen LogP contribution is -2.38. The van der Waals surface area contributed by atoms with Crippen molar-refractivity contribution in [3.05, 3.63) is 77.7 Å². The average Bonchev–Trinajstić information content (AvgIpc) is 3.23. The maximum absolute atomic E-state index is 5.61. The smallest absolute Gasteiger partial charge is 0.226 e. The second-order valence-electron chi connectivity index (χ2n) is 7.44. The average molecular weight is 533 g/mol. The number of halogens is 1. The van der Waals surface area contributed by atoms with E-state index in [2.05, 4.69) is 81.9 Å². The highest BCUT2D eigenvalue weighted by molar-refractivity contribution is 14.0. The quantitative estimate of drug-likeness (QED) is 0.184. The van der Waals surface area contributed by atoms with Gasteiger partial charge in [0.1, 0.15) is 6.26 Å². The van der Waals surface area contributed by atoms with E-state index in [-0.39, 0.29) is 24.0 Å². The predicted octanol–water partition coefficient (Wildman–Crippen LogP) is 4.46. The maximum atomic E-state index is 5.61. The third-order valence-electron chi connectivity index (χ3n) is 4.82. The Kier molecular flexibility index (Phi) is 10.5. The molecular weight excluding hydrogens is 501 g/mol. The number of aryl methyl sites for hydroxylation is 1. The zero-order chi connectivity index (χ0) is 21.2. The Labute approximate surface area is 202 Å². The number of nitrogens with zero attached hydrogens (tertiary/aromatic N) is 3. The van der Waals surface area contributed by atoms with Crippen LogP contribution in [-0.4, -0.2) is 43.0 Å². The number of oxazole rings is 1. The lowest BCUT2D eigenvalue weighted by atomic mass is 10.1. The summed E-state index contributed by atoms with van der Waals surface area (Å²) in [5.74, 6) is 1.40. The molecule has 0 saturated carbocycles. The Balaban J connectivity index is 0.00000341. The first-order chi connectivity index (χ1) is 14.6. The third kappa shape index (κ3) is 8.34. The molecule has 1 heterocycles. The molecule has 7 heteroatoms. The van der Waals surface area contributed by atoms with Crippen molar-refractivity contribution in [2.45, 2.75) is 26.4 Å². The van der Waals surface area contributed by atoms with Crippen LogP contribution >= 0.6 is 24.0 Å². The number of rotatable bonds is 9. The summed E-state index contributed by atoms with van der Waals surface area (Å²) >= 11 is 0. The van der Waals surface area contributed by atoms with Gasteiger partial charge < -0.3 is 20.0 Å². The van der Waals surface area contributed by atoms with Crippen molar-refractivity contribution in [1.82, 2.24) is 20.5 Å². The van der Waals surface area contributed by atoms with Gasteiger partial charge in [0.15, 0.2) is 5.96 Å². The number of hydrogen-bond acceptors (Lipinski definition) is 4. The van der Waals surface area contributed by atoms with E-state index in [4.69, 9.17) is 4.42 Å². The molecule has 0 atom stereocenters. The van der Waals surface area contributed by atoms with Crippen LogP contribution < -0.4 is 10.6 Å². The molecule has 6 nitrogen and oxygen atoms in total. The number of aliphatic imine (C=N–C) groups is 1. The van der Waals surface area contributed by atoms with Gasteiger partial charge in [-0.25, -0.2) is 4.98 Å². The molecule has 0 bridgehead atoms. The van der Waals surface area contributed by atoms with Crippen molar-refractivity contribution in [3.8, 4) is 11.5 Å². The summed E-state index contributed by atoms with van der Waals surface area (Å²) in [4.78, 5) is 11.2. The molecule has 2 aromatic carbocycles. The Morgan fingerprint density at radius 2 is 1.81 bits per heavy atom. The van der Waals surface area contributed by atoms with Gasteiger partial charge in [-0.3, -0.25) is 4.99 Å².